The van der Waals surface area contributed by atoms with Crippen LogP contribution in [0.5, 0.6) is 0 Å². The Balaban J connectivity index is 2.22. The van der Waals surface area contributed by atoms with Crippen molar-refractivity contribution in [3.05, 3.63) is 24.7 Å². The van der Waals surface area contributed by atoms with E-state index in [1.54, 1.807) is 21.6 Å². The predicted octanol–water partition coefficient (Wildman–Crippen LogP) is 0.782. The van der Waals surface area contributed by atoms with Crippen LogP contribution in [0.25, 0.3) is 5.82 Å². The van der Waals surface area contributed by atoms with Crippen LogP contribution in [0, 0.1) is 0 Å². The van der Waals surface area contributed by atoms with Gasteiger partial charge >= 0.3 is 5.97 Å². The highest BCUT2D eigenvalue weighted by Crippen LogP contribution is 2.18. The first-order chi connectivity index (χ1) is 7.66. The van der Waals surface area contributed by atoms with Crippen LogP contribution in [0.2, 0.25) is 0 Å². The summed E-state index contributed by atoms with van der Waals surface area (Å²) in [5, 5.41) is 13.4. The molecule has 0 aliphatic rings. The summed E-state index contributed by atoms with van der Waals surface area (Å²) in [5.41, 5.74) is 0. The number of nitrogens with zero attached hydrogens (tertiary/aromatic N) is 4. The molecule has 2 aromatic heterocycles. The molecule has 84 valence electrons. The maximum atomic E-state index is 10.5. The third kappa shape index (κ3) is 2.25. The van der Waals surface area contributed by atoms with Gasteiger partial charge in [-0.05, 0) is 0 Å². The Bertz CT molecular complexity index is 505. The van der Waals surface area contributed by atoms with Crippen LogP contribution in [0.3, 0.4) is 0 Å². The molecule has 2 heterocycles. The first-order valence-electron chi connectivity index (χ1n) is 4.55. The fourth-order valence-electron chi connectivity index (χ4n) is 1.23. The highest BCUT2D eigenvalue weighted by molar-refractivity contribution is 7.99. The molecule has 1 N–H and O–H groups in total. The summed E-state index contributed by atoms with van der Waals surface area (Å²) in [5.74, 6) is -0.141. The summed E-state index contributed by atoms with van der Waals surface area (Å²) >= 11 is 1.17. The molecule has 2 rings (SSSR count). The maximum absolute atomic E-state index is 10.5. The second-order valence-corrected chi connectivity index (χ2v) is 4.05. The van der Waals surface area contributed by atoms with Gasteiger partial charge in [-0.1, -0.05) is 11.8 Å². The van der Waals surface area contributed by atoms with E-state index in [9.17, 15) is 4.79 Å². The van der Waals surface area contributed by atoms with Crippen molar-refractivity contribution in [1.82, 2.24) is 19.3 Å². The van der Waals surface area contributed by atoms with Crippen LogP contribution in [-0.4, -0.2) is 36.2 Å². The molecule has 0 atom stereocenters. The van der Waals surface area contributed by atoms with E-state index >= 15 is 0 Å². The zero-order chi connectivity index (χ0) is 11.5. The fraction of sp³-hybridized carbons (Fsp3) is 0.222. The molecular weight excluding hydrogens is 228 g/mol. The van der Waals surface area contributed by atoms with Gasteiger partial charge < -0.3 is 5.11 Å². The van der Waals surface area contributed by atoms with E-state index in [-0.39, 0.29) is 5.75 Å². The Morgan fingerprint density at radius 3 is 3.00 bits per heavy atom. The molecule has 16 heavy (non-hydrogen) atoms. The standard InChI is InChI=1S/C9H10N4O2S/c1-12-4-2-7(11-12)13-5-3-10-9(13)16-6-8(14)15/h2-5H,6H2,1H3,(H,14,15). The van der Waals surface area contributed by atoms with Gasteiger partial charge in [0, 0.05) is 31.7 Å². The van der Waals surface area contributed by atoms with Crippen LogP contribution >= 0.6 is 11.8 Å². The monoisotopic (exact) mass is 238 g/mol. The van der Waals surface area contributed by atoms with E-state index in [0.717, 1.165) is 5.82 Å². The van der Waals surface area contributed by atoms with Crippen molar-refractivity contribution in [2.24, 2.45) is 7.05 Å². The lowest BCUT2D eigenvalue weighted by Crippen LogP contribution is -2.02. The summed E-state index contributed by atoms with van der Waals surface area (Å²) in [7, 11) is 1.82. The highest BCUT2D eigenvalue weighted by Gasteiger charge is 2.09. The lowest BCUT2D eigenvalue weighted by molar-refractivity contribution is -0.133. The third-order valence-electron chi connectivity index (χ3n) is 1.88. The highest BCUT2D eigenvalue weighted by atomic mass is 32.2. The maximum Gasteiger partial charge on any atom is 0.313 e. The second kappa shape index (κ2) is 4.40. The van der Waals surface area contributed by atoms with Crippen LogP contribution in [0.15, 0.2) is 29.8 Å². The summed E-state index contributed by atoms with van der Waals surface area (Å²) in [6.07, 6.45) is 5.20. The molecule has 2 aromatic rings. The van der Waals surface area contributed by atoms with Crippen LogP contribution < -0.4 is 0 Å². The number of aromatic nitrogens is 4. The molecule has 0 fully saturated rings. The Labute approximate surface area is 95.9 Å². The lowest BCUT2D eigenvalue weighted by atomic mass is 10.6. The molecule has 7 heteroatoms. The van der Waals surface area contributed by atoms with E-state index in [4.69, 9.17) is 5.11 Å². The van der Waals surface area contributed by atoms with E-state index < -0.39 is 5.97 Å². The summed E-state index contributed by atoms with van der Waals surface area (Å²) in [4.78, 5) is 14.6. The number of thioether (sulfide) groups is 1. The number of imidazole rings is 1. The number of carbonyl (C=O) groups is 1. The van der Waals surface area contributed by atoms with Crippen molar-refractivity contribution < 1.29 is 9.90 Å². The number of hydrogen-bond donors (Lipinski definition) is 1. The molecule has 0 amide bonds. The molecule has 0 aliphatic carbocycles. The average molecular weight is 238 g/mol. The van der Waals surface area contributed by atoms with E-state index in [0.29, 0.717) is 5.16 Å². The zero-order valence-electron chi connectivity index (χ0n) is 8.57. The van der Waals surface area contributed by atoms with Gasteiger partial charge in [0.1, 0.15) is 0 Å². The first-order valence-corrected chi connectivity index (χ1v) is 5.53. The van der Waals surface area contributed by atoms with Crippen molar-refractivity contribution >= 4 is 17.7 Å². The fourth-order valence-corrected chi connectivity index (χ4v) is 1.91. The van der Waals surface area contributed by atoms with Gasteiger partial charge in [0.05, 0.1) is 5.75 Å². The Morgan fingerprint density at radius 2 is 2.38 bits per heavy atom. The molecule has 0 aromatic carbocycles. The van der Waals surface area contributed by atoms with Crippen molar-refractivity contribution in [1.29, 1.82) is 0 Å². The van der Waals surface area contributed by atoms with Crippen molar-refractivity contribution in [2.75, 3.05) is 5.75 Å². The number of aryl methyl sites for hydroxylation is 1. The van der Waals surface area contributed by atoms with E-state index in [1.165, 1.54) is 11.8 Å². The summed E-state index contributed by atoms with van der Waals surface area (Å²) < 4.78 is 3.44. The molecule has 6 nitrogen and oxygen atoms in total. The molecule has 0 bridgehead atoms. The molecule has 0 spiro atoms. The largest absolute Gasteiger partial charge is 0.481 e. The summed E-state index contributed by atoms with van der Waals surface area (Å²) in [6.45, 7) is 0. The number of hydrogen-bond acceptors (Lipinski definition) is 4. The number of carboxylic acids is 1. The van der Waals surface area contributed by atoms with Crippen LogP contribution in [0.1, 0.15) is 0 Å². The van der Waals surface area contributed by atoms with Crippen molar-refractivity contribution in [2.45, 2.75) is 5.16 Å². The third-order valence-corrected chi connectivity index (χ3v) is 2.83. The lowest BCUT2D eigenvalue weighted by Gasteiger charge is -2.01. The van der Waals surface area contributed by atoms with Gasteiger partial charge in [0.15, 0.2) is 11.0 Å². The minimum absolute atomic E-state index is 0.0101. The van der Waals surface area contributed by atoms with Crippen molar-refractivity contribution in [3.63, 3.8) is 0 Å². The first kappa shape index (κ1) is 10.7. The summed E-state index contributed by atoms with van der Waals surface area (Å²) in [6, 6.07) is 1.84. The van der Waals surface area contributed by atoms with Gasteiger partial charge in [-0.2, -0.15) is 5.10 Å². The Kier molecular flexibility index (Phi) is 2.95. The number of aliphatic carboxylic acids is 1. The Hall–Kier alpha value is -1.76. The molecule has 0 saturated carbocycles. The normalized spacial score (nSPS) is 10.6. The van der Waals surface area contributed by atoms with Crippen LogP contribution in [0.4, 0.5) is 0 Å². The topological polar surface area (TPSA) is 72.9 Å². The van der Waals surface area contributed by atoms with Crippen molar-refractivity contribution in [3.8, 4) is 5.82 Å². The zero-order valence-corrected chi connectivity index (χ0v) is 9.39. The molecule has 0 saturated heterocycles. The van der Waals surface area contributed by atoms with E-state index in [1.807, 2.05) is 19.3 Å². The molecule has 0 unspecified atom stereocenters. The Morgan fingerprint density at radius 1 is 1.56 bits per heavy atom. The van der Waals surface area contributed by atoms with Gasteiger partial charge in [-0.3, -0.25) is 14.0 Å². The smallest absolute Gasteiger partial charge is 0.313 e. The predicted molar refractivity (Wildman–Crippen MR) is 58.7 cm³/mol. The number of rotatable bonds is 4. The molecule has 0 aliphatic heterocycles. The van der Waals surface area contributed by atoms with Gasteiger partial charge in [-0.25, -0.2) is 4.98 Å². The van der Waals surface area contributed by atoms with Gasteiger partial charge in [-0.15, -0.1) is 0 Å². The van der Waals surface area contributed by atoms with E-state index in [2.05, 4.69) is 10.1 Å². The van der Waals surface area contributed by atoms with Crippen LogP contribution in [-0.2, 0) is 11.8 Å². The van der Waals surface area contributed by atoms with Gasteiger partial charge in [0.2, 0.25) is 0 Å². The quantitative estimate of drug-likeness (QED) is 0.797. The second-order valence-electron chi connectivity index (χ2n) is 3.11. The van der Waals surface area contributed by atoms with Gasteiger partial charge in [0.25, 0.3) is 0 Å². The number of carboxylic acid groups (broad SMARTS) is 1. The molecular formula is C9H10N4O2S. The minimum Gasteiger partial charge on any atom is -0.481 e. The SMILES string of the molecule is Cn1ccc(-n2ccnc2SCC(=O)O)n1. The average Bonchev–Trinajstić information content (AvgIpc) is 2.82. The minimum atomic E-state index is -0.861. The molecule has 0 radical (unpaired) electrons.